The van der Waals surface area contributed by atoms with Crippen molar-refractivity contribution in [1.29, 1.82) is 0 Å². The fourth-order valence-electron chi connectivity index (χ4n) is 2.58. The zero-order valence-corrected chi connectivity index (χ0v) is 14.3. The van der Waals surface area contributed by atoms with Crippen molar-refractivity contribution >= 4 is 5.91 Å². The van der Waals surface area contributed by atoms with Gasteiger partial charge in [-0.3, -0.25) is 14.5 Å². The minimum Gasteiger partial charge on any atom is -0.497 e. The molecule has 0 atom stereocenters. The van der Waals surface area contributed by atoms with Gasteiger partial charge >= 0.3 is 0 Å². The van der Waals surface area contributed by atoms with Crippen LogP contribution in [0.25, 0.3) is 11.3 Å². The molecule has 0 spiro atoms. The maximum absolute atomic E-state index is 14.0. The molecule has 0 bridgehead atoms. The van der Waals surface area contributed by atoms with Crippen LogP contribution in [-0.4, -0.2) is 34.9 Å². The van der Waals surface area contributed by atoms with Crippen LogP contribution >= 0.6 is 0 Å². The second kappa shape index (κ2) is 7.22. The number of hydrogen-bond acceptors (Lipinski definition) is 5. The molecule has 0 saturated carbocycles. The summed E-state index contributed by atoms with van der Waals surface area (Å²) >= 11 is 0. The third-order valence-corrected chi connectivity index (χ3v) is 3.89. The fraction of sp³-hybridized carbons (Fsp3) is 0.167. The number of benzene rings is 1. The molecule has 0 fully saturated rings. The van der Waals surface area contributed by atoms with Crippen LogP contribution in [0.4, 0.5) is 4.39 Å². The van der Waals surface area contributed by atoms with Crippen molar-refractivity contribution in [3.8, 4) is 22.8 Å². The van der Waals surface area contributed by atoms with E-state index in [1.165, 1.54) is 18.0 Å². The van der Waals surface area contributed by atoms with Crippen LogP contribution in [0.1, 0.15) is 16.1 Å². The molecule has 0 radical (unpaired) electrons. The number of amides is 1. The van der Waals surface area contributed by atoms with Crippen LogP contribution < -0.4 is 15.2 Å². The highest BCUT2D eigenvalue weighted by Gasteiger charge is 2.18. The molecular weight excluding hydrogens is 339 g/mol. The van der Waals surface area contributed by atoms with Gasteiger partial charge < -0.3 is 15.2 Å². The molecule has 26 heavy (non-hydrogen) atoms. The zero-order chi connectivity index (χ0) is 18.7. The first kappa shape index (κ1) is 17.4. The van der Waals surface area contributed by atoms with E-state index < -0.39 is 11.7 Å². The molecule has 0 aliphatic carbocycles. The minimum absolute atomic E-state index is 0.0688. The van der Waals surface area contributed by atoms with Gasteiger partial charge in [0.2, 0.25) is 0 Å². The smallest absolute Gasteiger partial charge is 0.269 e. The summed E-state index contributed by atoms with van der Waals surface area (Å²) in [6.45, 7) is 0.0946. The normalized spacial score (nSPS) is 10.6. The number of halogens is 1. The molecule has 7 nitrogen and oxygen atoms in total. The molecule has 0 saturated heterocycles. The number of aromatic nitrogens is 3. The molecule has 8 heteroatoms. The lowest BCUT2D eigenvalue weighted by molar-refractivity contribution is 0.0995. The van der Waals surface area contributed by atoms with E-state index in [1.807, 2.05) is 0 Å². The number of hydrogen-bond donors (Lipinski definition) is 1. The summed E-state index contributed by atoms with van der Waals surface area (Å²) in [5.41, 5.74) is 7.00. The summed E-state index contributed by atoms with van der Waals surface area (Å²) in [7, 11) is 3.08. The number of nitrogens with two attached hydrogens (primary N) is 1. The summed E-state index contributed by atoms with van der Waals surface area (Å²) < 4.78 is 26.2. The van der Waals surface area contributed by atoms with Crippen molar-refractivity contribution in [2.75, 3.05) is 14.2 Å². The Morgan fingerprint density at radius 1 is 1.23 bits per heavy atom. The van der Waals surface area contributed by atoms with Gasteiger partial charge in [-0.05, 0) is 30.3 Å². The zero-order valence-electron chi connectivity index (χ0n) is 14.3. The standard InChI is InChI=1S/C18H17FN4O3/c1-25-12-3-4-17(26-2)13(7-12)16-8-15(18(20)24)22-23(16)10-11-5-6-21-9-14(11)19/h3-9H,10H2,1-2H3,(H2,20,24). The van der Waals surface area contributed by atoms with Gasteiger partial charge in [-0.1, -0.05) is 0 Å². The Balaban J connectivity index is 2.15. The first-order chi connectivity index (χ1) is 12.5. The van der Waals surface area contributed by atoms with Crippen molar-refractivity contribution in [2.45, 2.75) is 6.54 Å². The monoisotopic (exact) mass is 356 g/mol. The fourth-order valence-corrected chi connectivity index (χ4v) is 2.58. The topological polar surface area (TPSA) is 92.3 Å². The number of carbonyl (C=O) groups is 1. The van der Waals surface area contributed by atoms with E-state index in [4.69, 9.17) is 15.2 Å². The summed E-state index contributed by atoms with van der Waals surface area (Å²) in [6.07, 6.45) is 2.61. The van der Waals surface area contributed by atoms with Crippen molar-refractivity contribution < 1.29 is 18.7 Å². The van der Waals surface area contributed by atoms with Gasteiger partial charge in [-0.15, -0.1) is 0 Å². The summed E-state index contributed by atoms with van der Waals surface area (Å²) in [5, 5.41) is 4.21. The van der Waals surface area contributed by atoms with Crippen LogP contribution in [0.5, 0.6) is 11.5 Å². The Morgan fingerprint density at radius 3 is 2.69 bits per heavy atom. The number of primary amides is 1. The van der Waals surface area contributed by atoms with E-state index in [0.717, 1.165) is 6.20 Å². The van der Waals surface area contributed by atoms with Gasteiger partial charge in [0.1, 0.15) is 17.3 Å². The van der Waals surface area contributed by atoms with Gasteiger partial charge in [0.15, 0.2) is 5.69 Å². The highest BCUT2D eigenvalue weighted by Crippen LogP contribution is 2.34. The number of nitrogens with zero attached hydrogens (tertiary/aromatic N) is 3. The van der Waals surface area contributed by atoms with Crippen molar-refractivity contribution in [3.63, 3.8) is 0 Å². The lowest BCUT2D eigenvalue weighted by Gasteiger charge is -2.13. The van der Waals surface area contributed by atoms with Gasteiger partial charge in [0.25, 0.3) is 5.91 Å². The molecule has 1 amide bonds. The maximum Gasteiger partial charge on any atom is 0.269 e. The quantitative estimate of drug-likeness (QED) is 0.731. The molecular formula is C18H17FN4O3. The largest absolute Gasteiger partial charge is 0.497 e. The Kier molecular flexibility index (Phi) is 4.83. The summed E-state index contributed by atoms with van der Waals surface area (Å²) in [5.74, 6) is 0.0108. The van der Waals surface area contributed by atoms with Gasteiger partial charge in [-0.2, -0.15) is 5.10 Å². The summed E-state index contributed by atoms with van der Waals surface area (Å²) in [6, 6.07) is 8.33. The van der Waals surface area contributed by atoms with Crippen molar-refractivity contribution in [2.24, 2.45) is 5.73 Å². The Bertz CT molecular complexity index is 955. The van der Waals surface area contributed by atoms with E-state index in [-0.39, 0.29) is 12.2 Å². The van der Waals surface area contributed by atoms with E-state index >= 15 is 0 Å². The third-order valence-electron chi connectivity index (χ3n) is 3.89. The van der Waals surface area contributed by atoms with Gasteiger partial charge in [0, 0.05) is 17.3 Å². The predicted octanol–water partition coefficient (Wildman–Crippen LogP) is 2.25. The maximum atomic E-state index is 14.0. The van der Waals surface area contributed by atoms with Gasteiger partial charge in [0.05, 0.1) is 32.7 Å². The highest BCUT2D eigenvalue weighted by molar-refractivity contribution is 5.92. The number of ether oxygens (including phenoxy) is 2. The van der Waals surface area contributed by atoms with Crippen LogP contribution in [0, 0.1) is 5.82 Å². The molecule has 134 valence electrons. The molecule has 3 rings (SSSR count). The highest BCUT2D eigenvalue weighted by atomic mass is 19.1. The predicted molar refractivity (Wildman–Crippen MR) is 92.6 cm³/mol. The van der Waals surface area contributed by atoms with Crippen molar-refractivity contribution in [3.05, 3.63) is 59.8 Å². The number of carbonyl (C=O) groups excluding carboxylic acids is 1. The molecule has 1 aromatic carbocycles. The van der Waals surface area contributed by atoms with Crippen LogP contribution in [-0.2, 0) is 6.54 Å². The van der Waals surface area contributed by atoms with Crippen LogP contribution in [0.15, 0.2) is 42.7 Å². The molecule has 2 heterocycles. The number of pyridine rings is 1. The second-order valence-electron chi connectivity index (χ2n) is 5.47. The molecule has 2 N–H and O–H groups in total. The molecule has 0 unspecified atom stereocenters. The molecule has 0 aliphatic rings. The molecule has 3 aromatic rings. The van der Waals surface area contributed by atoms with Gasteiger partial charge in [-0.25, -0.2) is 4.39 Å². The SMILES string of the molecule is COc1ccc(OC)c(-c2cc(C(N)=O)nn2Cc2ccncc2F)c1. The number of rotatable bonds is 6. The lowest BCUT2D eigenvalue weighted by atomic mass is 10.1. The second-order valence-corrected chi connectivity index (χ2v) is 5.47. The minimum atomic E-state index is -0.679. The first-order valence-corrected chi connectivity index (χ1v) is 7.72. The number of methoxy groups -OCH3 is 2. The van der Waals surface area contributed by atoms with E-state index in [2.05, 4.69) is 10.1 Å². The molecule has 0 aliphatic heterocycles. The third kappa shape index (κ3) is 3.34. The average Bonchev–Trinajstić information content (AvgIpc) is 3.07. The Labute approximate surface area is 149 Å². The van der Waals surface area contributed by atoms with E-state index in [1.54, 1.807) is 37.4 Å². The average molecular weight is 356 g/mol. The summed E-state index contributed by atoms with van der Waals surface area (Å²) in [4.78, 5) is 15.3. The lowest BCUT2D eigenvalue weighted by Crippen LogP contribution is -2.13. The first-order valence-electron chi connectivity index (χ1n) is 7.72. The Hall–Kier alpha value is -3.42. The Morgan fingerprint density at radius 2 is 2.04 bits per heavy atom. The van der Waals surface area contributed by atoms with Crippen LogP contribution in [0.3, 0.4) is 0 Å². The molecule has 2 aromatic heterocycles. The van der Waals surface area contributed by atoms with E-state index in [9.17, 15) is 9.18 Å². The van der Waals surface area contributed by atoms with Crippen molar-refractivity contribution in [1.82, 2.24) is 14.8 Å². The van der Waals surface area contributed by atoms with E-state index in [0.29, 0.717) is 28.3 Å². The van der Waals surface area contributed by atoms with Crippen LogP contribution in [0.2, 0.25) is 0 Å².